The largest absolute Gasteiger partial charge is 0.492 e. The topological polar surface area (TPSA) is 135 Å². The van der Waals surface area contributed by atoms with Crippen LogP contribution in [0.1, 0.15) is 12.8 Å². The molecule has 0 bridgehead atoms. The molecule has 0 radical (unpaired) electrons. The number of hydrogen-bond acceptors (Lipinski definition) is 8. The number of benzene rings is 2. The molecule has 11 nitrogen and oxygen atoms in total. The van der Waals surface area contributed by atoms with Crippen molar-refractivity contribution < 1.29 is 23.8 Å². The minimum atomic E-state index is -1.03. The molecule has 38 heavy (non-hydrogen) atoms. The normalized spacial score (nSPS) is 14.4. The summed E-state index contributed by atoms with van der Waals surface area (Å²) < 4.78 is 13.8. The fourth-order valence-corrected chi connectivity index (χ4v) is 4.63. The Morgan fingerprint density at radius 3 is 2.71 bits per heavy atom. The number of carbonyl (C=O) groups is 2. The Morgan fingerprint density at radius 1 is 1.16 bits per heavy atom. The van der Waals surface area contributed by atoms with Gasteiger partial charge in [0.1, 0.15) is 24.4 Å². The third-order valence-electron chi connectivity index (χ3n) is 6.66. The van der Waals surface area contributed by atoms with Crippen LogP contribution < -0.4 is 15.4 Å². The van der Waals surface area contributed by atoms with Crippen LogP contribution in [0.5, 0.6) is 5.75 Å². The first kappa shape index (κ1) is 25.3. The van der Waals surface area contributed by atoms with Gasteiger partial charge in [-0.25, -0.2) is 0 Å². The van der Waals surface area contributed by atoms with E-state index in [9.17, 15) is 9.59 Å². The molecule has 0 saturated carbocycles. The van der Waals surface area contributed by atoms with E-state index in [1.807, 2.05) is 55.6 Å². The minimum absolute atomic E-state index is 0.149. The number of carbonyl (C=O) groups excluding carboxylic acids is 1. The summed E-state index contributed by atoms with van der Waals surface area (Å²) >= 11 is 0. The lowest BCUT2D eigenvalue weighted by atomic mass is 9.96. The maximum atomic E-state index is 12.1. The van der Waals surface area contributed by atoms with Crippen molar-refractivity contribution in [3.05, 3.63) is 54.7 Å². The van der Waals surface area contributed by atoms with Gasteiger partial charge in [0.25, 0.3) is 6.01 Å². The second-order valence-corrected chi connectivity index (χ2v) is 9.24. The first-order valence-electron chi connectivity index (χ1n) is 12.6. The van der Waals surface area contributed by atoms with Crippen LogP contribution in [0.25, 0.3) is 22.4 Å². The van der Waals surface area contributed by atoms with Gasteiger partial charge in [0, 0.05) is 37.0 Å². The SMILES string of the molecule is Cn1nccc1-c1cc(Nc2nc3ccccc3o2)ccc1OCCN1CCC(C(=O)NCC(=O)O)CC1. The van der Waals surface area contributed by atoms with Gasteiger partial charge < -0.3 is 24.9 Å². The molecule has 1 saturated heterocycles. The van der Waals surface area contributed by atoms with Gasteiger partial charge in [-0.05, 0) is 62.3 Å². The van der Waals surface area contributed by atoms with Gasteiger partial charge in [-0.2, -0.15) is 10.1 Å². The van der Waals surface area contributed by atoms with E-state index in [0.29, 0.717) is 31.0 Å². The Balaban J connectivity index is 1.21. The maximum Gasteiger partial charge on any atom is 0.322 e. The fraction of sp³-hybridized carbons (Fsp3) is 0.333. The highest BCUT2D eigenvalue weighted by atomic mass is 16.5. The van der Waals surface area contributed by atoms with E-state index in [1.165, 1.54) is 0 Å². The number of aryl methyl sites for hydroxylation is 1. The summed E-state index contributed by atoms with van der Waals surface area (Å²) in [5.74, 6) is -0.631. The summed E-state index contributed by atoms with van der Waals surface area (Å²) in [4.78, 5) is 29.6. The molecule has 2 aromatic heterocycles. The number of ether oxygens (including phenoxy) is 1. The average molecular weight is 519 g/mol. The molecule has 11 heteroatoms. The molecular formula is C27H30N6O5. The van der Waals surface area contributed by atoms with Gasteiger partial charge in [0.2, 0.25) is 5.91 Å². The molecule has 0 atom stereocenters. The van der Waals surface area contributed by atoms with Crippen molar-refractivity contribution in [1.82, 2.24) is 25.0 Å². The number of carboxylic acid groups (broad SMARTS) is 1. The Kier molecular flexibility index (Phi) is 7.55. The summed E-state index contributed by atoms with van der Waals surface area (Å²) in [6.07, 6.45) is 3.14. The third kappa shape index (κ3) is 5.94. The number of piperidine rings is 1. The van der Waals surface area contributed by atoms with Crippen molar-refractivity contribution in [2.75, 3.05) is 38.1 Å². The minimum Gasteiger partial charge on any atom is -0.492 e. The third-order valence-corrected chi connectivity index (χ3v) is 6.66. The van der Waals surface area contributed by atoms with Gasteiger partial charge in [0.05, 0.1) is 5.69 Å². The lowest BCUT2D eigenvalue weighted by molar-refractivity contribution is -0.138. The number of nitrogens with one attached hydrogen (secondary N) is 2. The lowest BCUT2D eigenvalue weighted by Crippen LogP contribution is -2.42. The maximum absolute atomic E-state index is 12.1. The van der Waals surface area contributed by atoms with Crippen LogP contribution in [0.2, 0.25) is 0 Å². The van der Waals surface area contributed by atoms with Crippen molar-refractivity contribution in [3.8, 4) is 17.0 Å². The zero-order valence-corrected chi connectivity index (χ0v) is 21.1. The summed E-state index contributed by atoms with van der Waals surface area (Å²) in [6, 6.07) is 15.8. The van der Waals surface area contributed by atoms with Crippen molar-refractivity contribution in [1.29, 1.82) is 0 Å². The van der Waals surface area contributed by atoms with E-state index in [0.717, 1.165) is 47.8 Å². The summed E-state index contributed by atoms with van der Waals surface area (Å²) in [6.45, 7) is 2.39. The highest BCUT2D eigenvalue weighted by Crippen LogP contribution is 2.34. The molecule has 1 aliphatic heterocycles. The Hall–Kier alpha value is -4.38. The average Bonchev–Trinajstić information content (AvgIpc) is 3.53. The van der Waals surface area contributed by atoms with Crippen LogP contribution in [0.4, 0.5) is 11.7 Å². The fourth-order valence-electron chi connectivity index (χ4n) is 4.63. The van der Waals surface area contributed by atoms with E-state index in [-0.39, 0.29) is 18.4 Å². The van der Waals surface area contributed by atoms with Crippen molar-refractivity contribution in [3.63, 3.8) is 0 Å². The molecule has 1 amide bonds. The zero-order valence-electron chi connectivity index (χ0n) is 21.1. The summed E-state index contributed by atoms with van der Waals surface area (Å²) in [7, 11) is 1.89. The van der Waals surface area contributed by atoms with Gasteiger partial charge in [-0.1, -0.05) is 12.1 Å². The van der Waals surface area contributed by atoms with Gasteiger partial charge >= 0.3 is 5.97 Å². The lowest BCUT2D eigenvalue weighted by Gasteiger charge is -2.31. The number of nitrogens with zero attached hydrogens (tertiary/aromatic N) is 4. The van der Waals surface area contributed by atoms with Crippen LogP contribution in [0.15, 0.2) is 59.1 Å². The number of para-hydroxylation sites is 2. The second-order valence-electron chi connectivity index (χ2n) is 9.24. The Bertz CT molecular complexity index is 1390. The van der Waals surface area contributed by atoms with Crippen molar-refractivity contribution in [2.24, 2.45) is 13.0 Å². The number of carboxylic acids is 1. The first-order valence-corrected chi connectivity index (χ1v) is 12.6. The number of oxazole rings is 1. The van der Waals surface area contributed by atoms with E-state index in [2.05, 4.69) is 25.6 Å². The molecule has 2 aromatic carbocycles. The Morgan fingerprint density at radius 2 is 1.97 bits per heavy atom. The number of rotatable bonds is 10. The molecule has 1 aliphatic rings. The monoisotopic (exact) mass is 518 g/mol. The second kappa shape index (κ2) is 11.3. The molecule has 0 unspecified atom stereocenters. The quantitative estimate of drug-likeness (QED) is 0.289. The van der Waals surface area contributed by atoms with Crippen LogP contribution in [0.3, 0.4) is 0 Å². The predicted octanol–water partition coefficient (Wildman–Crippen LogP) is 3.26. The number of amides is 1. The van der Waals surface area contributed by atoms with E-state index >= 15 is 0 Å². The zero-order chi connectivity index (χ0) is 26.5. The molecule has 198 valence electrons. The summed E-state index contributed by atoms with van der Waals surface area (Å²) in [5.41, 5.74) is 4.11. The Labute approximate surface area is 219 Å². The molecule has 5 rings (SSSR count). The van der Waals surface area contributed by atoms with Gasteiger partial charge in [0.15, 0.2) is 5.58 Å². The van der Waals surface area contributed by atoms with Gasteiger partial charge in [-0.3, -0.25) is 19.2 Å². The van der Waals surface area contributed by atoms with Crippen molar-refractivity contribution >= 4 is 34.7 Å². The van der Waals surface area contributed by atoms with E-state index in [1.54, 1.807) is 10.9 Å². The smallest absolute Gasteiger partial charge is 0.322 e. The number of fused-ring (bicyclic) bond motifs is 1. The highest BCUT2D eigenvalue weighted by molar-refractivity contribution is 5.83. The van der Waals surface area contributed by atoms with Crippen LogP contribution in [-0.4, -0.2) is 69.4 Å². The number of anilines is 2. The molecule has 3 heterocycles. The molecule has 1 fully saturated rings. The van der Waals surface area contributed by atoms with Crippen LogP contribution in [-0.2, 0) is 16.6 Å². The molecule has 0 aliphatic carbocycles. The van der Waals surface area contributed by atoms with Gasteiger partial charge in [-0.15, -0.1) is 0 Å². The number of aromatic nitrogens is 3. The highest BCUT2D eigenvalue weighted by Gasteiger charge is 2.25. The van der Waals surface area contributed by atoms with E-state index < -0.39 is 5.97 Å². The number of aliphatic carboxylic acids is 1. The molecular weight excluding hydrogens is 488 g/mol. The number of hydrogen-bond donors (Lipinski definition) is 3. The van der Waals surface area contributed by atoms with Crippen LogP contribution >= 0.6 is 0 Å². The first-order chi connectivity index (χ1) is 18.5. The standard InChI is InChI=1S/C27H30N6O5/c1-32-22(8-11-29-32)20-16-19(30-27-31-21-4-2-3-5-24(21)38-27)6-7-23(20)37-15-14-33-12-9-18(10-13-33)26(36)28-17-25(34)35/h2-8,11,16,18H,9-10,12-15,17H2,1H3,(H,28,36)(H,30,31)(H,34,35). The summed E-state index contributed by atoms with van der Waals surface area (Å²) in [5, 5.41) is 18.8. The number of likely N-dealkylation sites (tertiary alicyclic amines) is 1. The van der Waals surface area contributed by atoms with Crippen LogP contribution in [0, 0.1) is 5.92 Å². The van der Waals surface area contributed by atoms with Crippen molar-refractivity contribution in [2.45, 2.75) is 12.8 Å². The molecule has 3 N–H and O–H groups in total. The predicted molar refractivity (Wildman–Crippen MR) is 141 cm³/mol. The van der Waals surface area contributed by atoms with E-state index in [4.69, 9.17) is 14.3 Å². The molecule has 0 spiro atoms. The molecule has 4 aromatic rings.